The van der Waals surface area contributed by atoms with Gasteiger partial charge in [-0.15, -0.1) is 0 Å². The predicted molar refractivity (Wildman–Crippen MR) is 121 cm³/mol. The molecule has 12 heteroatoms. The van der Waals surface area contributed by atoms with Crippen LogP contribution in [0.2, 0.25) is 0 Å². The van der Waals surface area contributed by atoms with Gasteiger partial charge in [0.15, 0.2) is 0 Å². The lowest BCUT2D eigenvalue weighted by atomic mass is 10.1. The van der Waals surface area contributed by atoms with E-state index < -0.39 is 22.7 Å². The van der Waals surface area contributed by atoms with E-state index in [2.05, 4.69) is 15.2 Å². The topological polar surface area (TPSA) is 95.8 Å². The van der Waals surface area contributed by atoms with E-state index in [0.717, 1.165) is 8.65 Å². The molecule has 0 spiro atoms. The number of aromatic nitrogens is 5. The van der Waals surface area contributed by atoms with Gasteiger partial charge < -0.3 is 4.52 Å². The van der Waals surface area contributed by atoms with Gasteiger partial charge in [0.2, 0.25) is 0 Å². The molecule has 180 valence electrons. The summed E-state index contributed by atoms with van der Waals surface area (Å²) in [6.07, 6.45) is 0.926. The molecular weight excluding hydrogens is 483 g/mol. The molecule has 0 aliphatic rings. The van der Waals surface area contributed by atoms with Crippen LogP contribution in [0.1, 0.15) is 11.5 Å². The zero-order valence-corrected chi connectivity index (χ0v) is 19.3. The van der Waals surface area contributed by atoms with Crippen LogP contribution < -0.4 is 0 Å². The average molecular weight is 501 g/mol. The molecule has 35 heavy (non-hydrogen) atoms. The van der Waals surface area contributed by atoms with Gasteiger partial charge in [0, 0.05) is 40.8 Å². The van der Waals surface area contributed by atoms with Crippen LogP contribution in [-0.2, 0) is 16.6 Å². The molecule has 0 unspecified atom stereocenters. The lowest BCUT2D eigenvalue weighted by molar-refractivity contribution is -0.142. The van der Waals surface area contributed by atoms with Crippen LogP contribution in [0.5, 0.6) is 0 Å². The van der Waals surface area contributed by atoms with Crippen LogP contribution in [0.25, 0.3) is 33.3 Å². The highest BCUT2D eigenvalue weighted by Crippen LogP contribution is 2.35. The fourth-order valence-electron chi connectivity index (χ4n) is 4.00. The molecule has 0 bridgehead atoms. The lowest BCUT2D eigenvalue weighted by Gasteiger charge is -2.08. The normalized spacial score (nSPS) is 12.5. The second kappa shape index (κ2) is 8.08. The van der Waals surface area contributed by atoms with Crippen molar-refractivity contribution in [2.24, 2.45) is 0 Å². The van der Waals surface area contributed by atoms with Gasteiger partial charge >= 0.3 is 6.18 Å². The highest BCUT2D eigenvalue weighted by molar-refractivity contribution is 7.90. The quantitative estimate of drug-likeness (QED) is 0.337. The Hall–Kier alpha value is -3.93. The van der Waals surface area contributed by atoms with Crippen LogP contribution in [0.15, 0.2) is 70.6 Å². The van der Waals surface area contributed by atoms with Crippen molar-refractivity contribution in [3.63, 3.8) is 0 Å². The average Bonchev–Trinajstić information content (AvgIpc) is 3.50. The van der Waals surface area contributed by atoms with Gasteiger partial charge in [0.05, 0.1) is 27.8 Å². The standard InChI is InChI=1S/C23H18F3N5O3S/c1-14-21(15(2)34-29-14)16-8-20-22(27-9-16)19(17-10-28-30(11-17)13-23(24,25)26)12-31(20)35(32,33)18-6-4-3-5-7-18/h3-12H,13H2,1-2H3. The summed E-state index contributed by atoms with van der Waals surface area (Å²) in [5.74, 6) is 0.543. The molecule has 0 fully saturated rings. The van der Waals surface area contributed by atoms with Crippen LogP contribution in [-0.4, -0.2) is 38.5 Å². The van der Waals surface area contributed by atoms with E-state index in [1.165, 1.54) is 30.7 Å². The van der Waals surface area contributed by atoms with E-state index >= 15 is 0 Å². The van der Waals surface area contributed by atoms with Crippen molar-refractivity contribution in [3.05, 3.63) is 72.6 Å². The molecule has 0 saturated carbocycles. The first-order valence-corrected chi connectivity index (χ1v) is 11.8. The third-order valence-electron chi connectivity index (χ3n) is 5.51. The van der Waals surface area contributed by atoms with Gasteiger partial charge in [-0.1, -0.05) is 23.4 Å². The Balaban J connectivity index is 1.74. The summed E-state index contributed by atoms with van der Waals surface area (Å²) in [6, 6.07) is 9.49. The number of halogens is 3. The first-order chi connectivity index (χ1) is 16.5. The van der Waals surface area contributed by atoms with Gasteiger partial charge in [0.1, 0.15) is 12.3 Å². The molecule has 0 aliphatic carbocycles. The second-order valence-electron chi connectivity index (χ2n) is 7.99. The van der Waals surface area contributed by atoms with E-state index in [-0.39, 0.29) is 10.4 Å². The Kier molecular flexibility index (Phi) is 5.28. The minimum atomic E-state index is -4.45. The molecule has 0 radical (unpaired) electrons. The number of benzene rings is 1. The molecule has 5 aromatic rings. The number of fused-ring (bicyclic) bond motifs is 1. The highest BCUT2D eigenvalue weighted by atomic mass is 32.2. The van der Waals surface area contributed by atoms with E-state index in [0.29, 0.717) is 39.2 Å². The van der Waals surface area contributed by atoms with Gasteiger partial charge in [0.25, 0.3) is 10.0 Å². The van der Waals surface area contributed by atoms with Crippen LogP contribution in [0.3, 0.4) is 0 Å². The highest BCUT2D eigenvalue weighted by Gasteiger charge is 2.29. The minimum absolute atomic E-state index is 0.0546. The number of pyridine rings is 1. The first-order valence-electron chi connectivity index (χ1n) is 10.4. The Bertz CT molecular complexity index is 1630. The summed E-state index contributed by atoms with van der Waals surface area (Å²) in [5, 5.41) is 7.73. The molecule has 4 aromatic heterocycles. The molecule has 1 aromatic carbocycles. The minimum Gasteiger partial charge on any atom is -0.361 e. The summed E-state index contributed by atoms with van der Waals surface area (Å²) in [4.78, 5) is 4.55. The van der Waals surface area contributed by atoms with Crippen molar-refractivity contribution in [2.45, 2.75) is 31.5 Å². The van der Waals surface area contributed by atoms with Gasteiger partial charge in [-0.25, -0.2) is 12.4 Å². The maximum Gasteiger partial charge on any atom is 0.408 e. The van der Waals surface area contributed by atoms with E-state index in [1.54, 1.807) is 44.3 Å². The van der Waals surface area contributed by atoms with E-state index in [1.807, 2.05) is 0 Å². The predicted octanol–water partition coefficient (Wildman–Crippen LogP) is 4.97. The van der Waals surface area contributed by atoms with Crippen LogP contribution in [0, 0.1) is 13.8 Å². The van der Waals surface area contributed by atoms with Gasteiger partial charge in [-0.3, -0.25) is 9.67 Å². The lowest BCUT2D eigenvalue weighted by Crippen LogP contribution is -2.17. The molecule has 0 aliphatic heterocycles. The maximum absolute atomic E-state index is 13.6. The summed E-state index contributed by atoms with van der Waals surface area (Å²) in [7, 11) is -4.05. The molecule has 8 nitrogen and oxygen atoms in total. The third kappa shape index (κ3) is 4.09. The van der Waals surface area contributed by atoms with Crippen LogP contribution in [0.4, 0.5) is 13.2 Å². The molecule has 0 atom stereocenters. The number of hydrogen-bond acceptors (Lipinski definition) is 6. The number of rotatable bonds is 5. The molecule has 4 heterocycles. The third-order valence-corrected chi connectivity index (χ3v) is 7.20. The van der Waals surface area contributed by atoms with Crippen molar-refractivity contribution in [1.82, 2.24) is 23.9 Å². The van der Waals surface area contributed by atoms with Crippen molar-refractivity contribution in [3.8, 4) is 22.3 Å². The Morgan fingerprint density at radius 2 is 1.77 bits per heavy atom. The maximum atomic E-state index is 13.6. The monoisotopic (exact) mass is 501 g/mol. The zero-order chi connectivity index (χ0) is 25.0. The summed E-state index contributed by atoms with van der Waals surface area (Å²) in [6.45, 7) is 2.23. The Morgan fingerprint density at radius 3 is 2.43 bits per heavy atom. The van der Waals surface area contributed by atoms with Gasteiger partial charge in [-0.2, -0.15) is 18.3 Å². The second-order valence-corrected chi connectivity index (χ2v) is 9.80. The first kappa shape index (κ1) is 22.8. The fraction of sp³-hybridized carbons (Fsp3) is 0.174. The van der Waals surface area contributed by atoms with Crippen molar-refractivity contribution in [2.75, 3.05) is 0 Å². The molecule has 0 N–H and O–H groups in total. The molecule has 0 saturated heterocycles. The molecule has 5 rings (SSSR count). The van der Waals surface area contributed by atoms with Crippen molar-refractivity contribution < 1.29 is 26.1 Å². The van der Waals surface area contributed by atoms with Gasteiger partial charge in [-0.05, 0) is 32.0 Å². The smallest absolute Gasteiger partial charge is 0.361 e. The van der Waals surface area contributed by atoms with Crippen molar-refractivity contribution >= 4 is 21.1 Å². The largest absolute Gasteiger partial charge is 0.408 e. The SMILES string of the molecule is Cc1noc(C)c1-c1cnc2c(-c3cnn(CC(F)(F)F)c3)cn(S(=O)(=O)c3ccccc3)c2c1. The van der Waals surface area contributed by atoms with E-state index in [9.17, 15) is 21.6 Å². The zero-order valence-electron chi connectivity index (χ0n) is 18.5. The summed E-state index contributed by atoms with van der Waals surface area (Å²) in [5.41, 5.74) is 3.08. The van der Waals surface area contributed by atoms with Crippen LogP contribution >= 0.6 is 0 Å². The number of nitrogens with zero attached hydrogens (tertiary/aromatic N) is 5. The summed E-state index contributed by atoms with van der Waals surface area (Å²) >= 11 is 0. The Labute approximate surface area is 197 Å². The number of alkyl halides is 3. The van der Waals surface area contributed by atoms with E-state index in [4.69, 9.17) is 4.52 Å². The number of hydrogen-bond donors (Lipinski definition) is 0. The summed E-state index contributed by atoms with van der Waals surface area (Å²) < 4.78 is 72.7. The molecule has 0 amide bonds. The van der Waals surface area contributed by atoms with Crippen molar-refractivity contribution in [1.29, 1.82) is 0 Å². The number of aryl methyl sites for hydroxylation is 2. The molecular formula is C23H18F3N5O3S. The fourth-order valence-corrected chi connectivity index (χ4v) is 5.37. The Morgan fingerprint density at radius 1 is 1.03 bits per heavy atom.